The van der Waals surface area contributed by atoms with Crippen molar-refractivity contribution in [1.82, 2.24) is 15.0 Å². The van der Waals surface area contributed by atoms with Gasteiger partial charge < -0.3 is 4.42 Å². The molecule has 106 valence electrons. The number of rotatable bonds is 3. The minimum atomic E-state index is 0.677. The van der Waals surface area contributed by atoms with E-state index in [0.717, 1.165) is 27.5 Å². The van der Waals surface area contributed by atoms with Gasteiger partial charge in [-0.1, -0.05) is 6.07 Å². The smallest absolute Gasteiger partial charge is 0.161 e. The average molecular weight is 305 g/mol. The second kappa shape index (κ2) is 5.54. The van der Waals surface area contributed by atoms with Crippen LogP contribution in [0.1, 0.15) is 0 Å². The van der Waals surface area contributed by atoms with E-state index < -0.39 is 0 Å². The van der Waals surface area contributed by atoms with Crippen LogP contribution in [0.4, 0.5) is 0 Å². The molecule has 0 aliphatic rings. The number of hydrogen-bond acceptors (Lipinski definition) is 5. The number of hydrogen-bond donors (Lipinski definition) is 0. The molecule has 0 spiro atoms. The predicted octanol–water partition coefficient (Wildman–Crippen LogP) is 4.53. The van der Waals surface area contributed by atoms with E-state index in [0.29, 0.717) is 5.82 Å². The first kappa shape index (κ1) is 12.9. The Morgan fingerprint density at radius 1 is 0.864 bits per heavy atom. The van der Waals surface area contributed by atoms with Crippen LogP contribution in [-0.4, -0.2) is 15.0 Å². The zero-order valence-electron chi connectivity index (χ0n) is 11.5. The summed E-state index contributed by atoms with van der Waals surface area (Å²) >= 11 is 1.61. The Morgan fingerprint density at radius 3 is 2.45 bits per heavy atom. The summed E-state index contributed by atoms with van der Waals surface area (Å²) in [5.74, 6) is 1.49. The molecule has 0 N–H and O–H groups in total. The van der Waals surface area contributed by atoms with E-state index in [-0.39, 0.29) is 0 Å². The van der Waals surface area contributed by atoms with Gasteiger partial charge in [-0.15, -0.1) is 11.3 Å². The van der Waals surface area contributed by atoms with Gasteiger partial charge in [-0.2, -0.15) is 0 Å². The minimum Gasteiger partial charge on any atom is -0.463 e. The Morgan fingerprint density at radius 2 is 1.73 bits per heavy atom. The van der Waals surface area contributed by atoms with Crippen LogP contribution in [0.5, 0.6) is 0 Å². The van der Waals surface area contributed by atoms with Gasteiger partial charge in [-0.05, 0) is 30.3 Å². The topological polar surface area (TPSA) is 51.8 Å². The molecule has 0 unspecified atom stereocenters. The standard InChI is InChI=1S/C17H11N3OS/c1-2-7-18-13(5-1)12-11-22-16(14-6-3-10-21-14)15(12)17-19-8-4-9-20-17/h1-11H. The Hall–Kier alpha value is -2.79. The number of nitrogens with zero attached hydrogens (tertiary/aromatic N) is 3. The van der Waals surface area contributed by atoms with Crippen LogP contribution in [0.25, 0.3) is 33.3 Å². The van der Waals surface area contributed by atoms with Crippen molar-refractivity contribution in [2.45, 2.75) is 0 Å². The summed E-state index contributed by atoms with van der Waals surface area (Å²) in [5.41, 5.74) is 2.88. The first-order chi connectivity index (χ1) is 10.9. The second-order valence-corrected chi connectivity index (χ2v) is 5.50. The highest BCUT2D eigenvalue weighted by Gasteiger charge is 2.20. The van der Waals surface area contributed by atoms with E-state index in [4.69, 9.17) is 4.42 Å². The highest BCUT2D eigenvalue weighted by atomic mass is 32.1. The largest absolute Gasteiger partial charge is 0.463 e. The molecule has 4 aromatic heterocycles. The maximum atomic E-state index is 5.57. The van der Waals surface area contributed by atoms with Crippen LogP contribution in [-0.2, 0) is 0 Å². The molecule has 0 bridgehead atoms. The SMILES string of the molecule is c1ccc(-c2csc(-c3ccco3)c2-c2ncccn2)nc1. The first-order valence-electron chi connectivity index (χ1n) is 6.77. The predicted molar refractivity (Wildman–Crippen MR) is 86.3 cm³/mol. The Kier molecular flexibility index (Phi) is 3.25. The third kappa shape index (κ3) is 2.21. The van der Waals surface area contributed by atoms with Gasteiger partial charge in [0.15, 0.2) is 5.82 Å². The maximum Gasteiger partial charge on any atom is 0.161 e. The van der Waals surface area contributed by atoms with Crippen LogP contribution in [0.3, 0.4) is 0 Å². The van der Waals surface area contributed by atoms with Crippen molar-refractivity contribution in [3.63, 3.8) is 0 Å². The van der Waals surface area contributed by atoms with Crippen molar-refractivity contribution in [1.29, 1.82) is 0 Å². The van der Waals surface area contributed by atoms with Crippen LogP contribution < -0.4 is 0 Å². The van der Waals surface area contributed by atoms with E-state index >= 15 is 0 Å². The minimum absolute atomic E-state index is 0.677. The highest BCUT2D eigenvalue weighted by molar-refractivity contribution is 7.14. The van der Waals surface area contributed by atoms with Gasteiger partial charge in [0, 0.05) is 29.5 Å². The Bertz CT molecular complexity index is 871. The molecule has 0 amide bonds. The maximum absolute atomic E-state index is 5.57. The monoisotopic (exact) mass is 305 g/mol. The van der Waals surface area contributed by atoms with Gasteiger partial charge in [0.1, 0.15) is 5.76 Å². The number of pyridine rings is 1. The summed E-state index contributed by atoms with van der Waals surface area (Å²) in [6, 6.07) is 11.5. The Labute approximate surface area is 131 Å². The molecular formula is C17H11N3OS. The third-order valence-corrected chi connectivity index (χ3v) is 4.26. The number of thiophene rings is 1. The van der Waals surface area contributed by atoms with E-state index in [1.807, 2.05) is 36.4 Å². The van der Waals surface area contributed by atoms with Gasteiger partial charge in [-0.25, -0.2) is 9.97 Å². The molecule has 0 saturated carbocycles. The lowest BCUT2D eigenvalue weighted by Gasteiger charge is -2.04. The molecule has 4 heterocycles. The molecule has 4 aromatic rings. The molecule has 22 heavy (non-hydrogen) atoms. The first-order valence-corrected chi connectivity index (χ1v) is 7.65. The van der Waals surface area contributed by atoms with Crippen molar-refractivity contribution in [3.05, 3.63) is 66.6 Å². The summed E-state index contributed by atoms with van der Waals surface area (Å²) in [7, 11) is 0. The lowest BCUT2D eigenvalue weighted by Crippen LogP contribution is -1.90. The number of aromatic nitrogens is 3. The molecule has 5 heteroatoms. The fraction of sp³-hybridized carbons (Fsp3) is 0. The molecule has 0 radical (unpaired) electrons. The third-order valence-electron chi connectivity index (χ3n) is 3.27. The summed E-state index contributed by atoms with van der Waals surface area (Å²) in [6.07, 6.45) is 6.95. The van der Waals surface area contributed by atoms with Gasteiger partial charge >= 0.3 is 0 Å². The molecular weight excluding hydrogens is 294 g/mol. The van der Waals surface area contributed by atoms with Crippen LogP contribution >= 0.6 is 11.3 Å². The lowest BCUT2D eigenvalue weighted by molar-refractivity contribution is 0.584. The van der Waals surface area contributed by atoms with E-state index in [1.165, 1.54) is 0 Å². The second-order valence-electron chi connectivity index (χ2n) is 4.62. The zero-order valence-corrected chi connectivity index (χ0v) is 12.3. The van der Waals surface area contributed by atoms with Crippen molar-refractivity contribution in [3.8, 4) is 33.3 Å². The van der Waals surface area contributed by atoms with E-state index in [9.17, 15) is 0 Å². The average Bonchev–Trinajstić information content (AvgIpc) is 3.25. The van der Waals surface area contributed by atoms with E-state index in [2.05, 4.69) is 20.3 Å². The molecule has 0 atom stereocenters. The van der Waals surface area contributed by atoms with Crippen molar-refractivity contribution < 1.29 is 4.42 Å². The summed E-state index contributed by atoms with van der Waals surface area (Å²) < 4.78 is 5.57. The molecule has 0 aliphatic heterocycles. The molecule has 0 saturated heterocycles. The Balaban J connectivity index is 1.97. The van der Waals surface area contributed by atoms with Gasteiger partial charge in [0.05, 0.1) is 22.4 Å². The van der Waals surface area contributed by atoms with Crippen LogP contribution in [0.15, 0.2) is 71.0 Å². The molecule has 0 aromatic carbocycles. The fourth-order valence-corrected chi connectivity index (χ4v) is 3.33. The lowest BCUT2D eigenvalue weighted by atomic mass is 10.1. The van der Waals surface area contributed by atoms with Gasteiger partial charge in [0.25, 0.3) is 0 Å². The molecule has 0 aliphatic carbocycles. The van der Waals surface area contributed by atoms with Gasteiger partial charge in [-0.3, -0.25) is 4.98 Å². The zero-order chi connectivity index (χ0) is 14.8. The quantitative estimate of drug-likeness (QED) is 0.558. The molecule has 4 rings (SSSR count). The van der Waals surface area contributed by atoms with Gasteiger partial charge in [0.2, 0.25) is 0 Å². The fourth-order valence-electron chi connectivity index (χ4n) is 2.31. The van der Waals surface area contributed by atoms with Crippen LogP contribution in [0, 0.1) is 0 Å². The molecule has 0 fully saturated rings. The van der Waals surface area contributed by atoms with Crippen LogP contribution in [0.2, 0.25) is 0 Å². The molecule has 4 nitrogen and oxygen atoms in total. The van der Waals surface area contributed by atoms with Crippen molar-refractivity contribution in [2.75, 3.05) is 0 Å². The number of furan rings is 1. The van der Waals surface area contributed by atoms with E-state index in [1.54, 1.807) is 36.2 Å². The van der Waals surface area contributed by atoms with Crippen molar-refractivity contribution in [2.24, 2.45) is 0 Å². The summed E-state index contributed by atoms with van der Waals surface area (Å²) in [5, 5.41) is 2.08. The highest BCUT2D eigenvalue weighted by Crippen LogP contribution is 2.42. The normalized spacial score (nSPS) is 10.7. The van der Waals surface area contributed by atoms with Crippen molar-refractivity contribution >= 4 is 11.3 Å². The summed E-state index contributed by atoms with van der Waals surface area (Å²) in [4.78, 5) is 14.3. The summed E-state index contributed by atoms with van der Waals surface area (Å²) in [6.45, 7) is 0.